The van der Waals surface area contributed by atoms with Crippen molar-refractivity contribution in [3.05, 3.63) is 101 Å². The topological polar surface area (TPSA) is 9.23 Å². The van der Waals surface area contributed by atoms with Crippen LogP contribution in [0.1, 0.15) is 37.8 Å². The second-order valence-corrected chi connectivity index (χ2v) is 9.04. The molecule has 4 aromatic carbocycles. The first-order valence-electron chi connectivity index (χ1n) is 12.4. The van der Waals surface area contributed by atoms with Gasteiger partial charge in [0.25, 0.3) is 0 Å². The van der Waals surface area contributed by atoms with Gasteiger partial charge in [0.2, 0.25) is 5.75 Å². The van der Waals surface area contributed by atoms with E-state index in [2.05, 4.69) is 35.9 Å². The van der Waals surface area contributed by atoms with Gasteiger partial charge in [-0.1, -0.05) is 74.9 Å². The number of hydrogen-bond acceptors (Lipinski definition) is 1. The molecule has 0 saturated carbocycles. The predicted octanol–water partition coefficient (Wildman–Crippen LogP) is 9.91. The van der Waals surface area contributed by atoms with Gasteiger partial charge in [0.1, 0.15) is 5.82 Å². The van der Waals surface area contributed by atoms with Crippen molar-refractivity contribution in [3.8, 4) is 39.1 Å². The minimum atomic E-state index is -5.26. The van der Waals surface area contributed by atoms with Crippen molar-refractivity contribution < 1.29 is 31.1 Å². The minimum Gasteiger partial charge on any atom is -0.399 e. The molecule has 0 unspecified atom stereocenters. The largest absolute Gasteiger partial charge is 0.573 e. The lowest BCUT2D eigenvalue weighted by Gasteiger charge is -2.14. The number of alkyl halides is 3. The van der Waals surface area contributed by atoms with Crippen molar-refractivity contribution >= 4 is 0 Å². The number of ether oxygens (including phenoxy) is 1. The van der Waals surface area contributed by atoms with E-state index in [0.717, 1.165) is 47.9 Å². The van der Waals surface area contributed by atoms with E-state index in [1.807, 2.05) is 25.1 Å². The molecule has 38 heavy (non-hydrogen) atoms. The summed E-state index contributed by atoms with van der Waals surface area (Å²) in [7, 11) is 0. The summed E-state index contributed by atoms with van der Waals surface area (Å²) in [5, 5.41) is 0. The van der Waals surface area contributed by atoms with Gasteiger partial charge in [-0.15, -0.1) is 13.2 Å². The van der Waals surface area contributed by atoms with Crippen LogP contribution in [0.5, 0.6) is 5.75 Å². The first kappa shape index (κ1) is 27.3. The third-order valence-corrected chi connectivity index (χ3v) is 6.40. The summed E-state index contributed by atoms with van der Waals surface area (Å²) in [6.07, 6.45) is -1.18. The van der Waals surface area contributed by atoms with E-state index in [1.165, 1.54) is 17.7 Å². The maximum atomic E-state index is 15.1. The van der Waals surface area contributed by atoms with Crippen LogP contribution in [0.15, 0.2) is 72.8 Å². The molecule has 0 aliphatic heterocycles. The summed E-state index contributed by atoms with van der Waals surface area (Å²) < 4.78 is 84.0. The summed E-state index contributed by atoms with van der Waals surface area (Å²) in [5.74, 6) is -5.51. The number of rotatable bonds is 8. The van der Waals surface area contributed by atoms with Gasteiger partial charge in [-0.3, -0.25) is 0 Å². The number of unbranched alkanes of at least 4 members (excludes halogenated alkanes) is 1. The molecule has 0 aliphatic rings. The molecule has 4 aromatic rings. The fourth-order valence-electron chi connectivity index (χ4n) is 4.44. The molecule has 0 aliphatic carbocycles. The smallest absolute Gasteiger partial charge is 0.399 e. The Morgan fingerprint density at radius 1 is 0.632 bits per heavy atom. The van der Waals surface area contributed by atoms with E-state index in [0.29, 0.717) is 17.7 Å². The monoisotopic (exact) mass is 528 g/mol. The molecule has 0 amide bonds. The van der Waals surface area contributed by atoms with Gasteiger partial charge < -0.3 is 4.74 Å². The lowest BCUT2D eigenvalue weighted by molar-refractivity contribution is -0.276. The average Bonchev–Trinajstić information content (AvgIpc) is 2.89. The lowest BCUT2D eigenvalue weighted by atomic mass is 9.92. The number of aryl methyl sites for hydroxylation is 2. The van der Waals surface area contributed by atoms with Crippen LogP contribution in [0.3, 0.4) is 0 Å². The Morgan fingerprint density at radius 2 is 1.18 bits per heavy atom. The molecule has 0 atom stereocenters. The van der Waals surface area contributed by atoms with E-state index < -0.39 is 29.6 Å². The first-order valence-corrected chi connectivity index (χ1v) is 12.4. The first-order chi connectivity index (χ1) is 18.1. The second kappa shape index (κ2) is 11.3. The van der Waals surface area contributed by atoms with E-state index >= 15 is 4.39 Å². The Balaban J connectivity index is 1.62. The SMILES string of the molecule is CCCCc1ccc(-c2ccc(-c3ccc(-c4cc(F)c(OC(F)(F)F)c(F)c4)c(F)c3)cc2CC)cc1. The van der Waals surface area contributed by atoms with Crippen LogP contribution in [-0.2, 0) is 12.8 Å². The minimum absolute atomic E-state index is 0.152. The van der Waals surface area contributed by atoms with E-state index in [1.54, 1.807) is 6.07 Å². The molecule has 0 heterocycles. The van der Waals surface area contributed by atoms with Gasteiger partial charge in [0, 0.05) is 5.56 Å². The fourth-order valence-corrected chi connectivity index (χ4v) is 4.44. The van der Waals surface area contributed by atoms with Crippen molar-refractivity contribution in [2.75, 3.05) is 0 Å². The third kappa shape index (κ3) is 6.21. The van der Waals surface area contributed by atoms with Crippen LogP contribution < -0.4 is 4.74 Å². The summed E-state index contributed by atoms with van der Waals surface area (Å²) in [4.78, 5) is 0. The molecule has 0 saturated heterocycles. The third-order valence-electron chi connectivity index (χ3n) is 6.40. The standard InChI is InChI=1S/C31H26F6O/c1-3-5-6-19-7-9-21(10-8-19)25-13-11-22(15-20(25)4-2)23-12-14-26(27(32)16-23)24-17-28(33)30(29(34)18-24)38-31(35,36)37/h7-18H,3-6H2,1-2H3. The molecular weight excluding hydrogens is 502 g/mol. The van der Waals surface area contributed by atoms with Gasteiger partial charge >= 0.3 is 6.36 Å². The van der Waals surface area contributed by atoms with Gasteiger partial charge in [-0.25, -0.2) is 13.2 Å². The molecule has 4 rings (SSSR count). The zero-order valence-corrected chi connectivity index (χ0v) is 20.9. The van der Waals surface area contributed by atoms with Crippen LogP contribution >= 0.6 is 0 Å². The van der Waals surface area contributed by atoms with Gasteiger partial charge in [-0.05, 0) is 76.4 Å². The number of hydrogen-bond donors (Lipinski definition) is 0. The average molecular weight is 529 g/mol. The van der Waals surface area contributed by atoms with Crippen molar-refractivity contribution in [1.29, 1.82) is 0 Å². The Morgan fingerprint density at radius 3 is 1.74 bits per heavy atom. The summed E-state index contributed by atoms with van der Waals surface area (Å²) in [6.45, 7) is 4.20. The molecule has 0 spiro atoms. The highest BCUT2D eigenvalue weighted by molar-refractivity contribution is 5.76. The van der Waals surface area contributed by atoms with Gasteiger partial charge in [0.15, 0.2) is 11.6 Å². The highest BCUT2D eigenvalue weighted by Gasteiger charge is 2.34. The fraction of sp³-hybridized carbons (Fsp3) is 0.226. The Hall–Kier alpha value is -3.74. The molecule has 0 bridgehead atoms. The second-order valence-electron chi connectivity index (χ2n) is 9.04. The quantitative estimate of drug-likeness (QED) is 0.207. The summed E-state index contributed by atoms with van der Waals surface area (Å²) >= 11 is 0. The Kier molecular flexibility index (Phi) is 8.14. The lowest BCUT2D eigenvalue weighted by Crippen LogP contribution is -2.19. The van der Waals surface area contributed by atoms with Crippen LogP contribution in [0.2, 0.25) is 0 Å². The number of benzene rings is 4. The van der Waals surface area contributed by atoms with Crippen LogP contribution in [0.25, 0.3) is 33.4 Å². The molecule has 0 radical (unpaired) electrons. The van der Waals surface area contributed by atoms with Crippen molar-refractivity contribution in [2.24, 2.45) is 0 Å². The molecular formula is C31H26F6O. The zero-order chi connectivity index (χ0) is 27.4. The van der Waals surface area contributed by atoms with Gasteiger partial charge in [-0.2, -0.15) is 0 Å². The molecule has 1 nitrogen and oxygen atoms in total. The maximum absolute atomic E-state index is 15.1. The summed E-state index contributed by atoms with van der Waals surface area (Å²) in [5.41, 5.74) is 5.48. The van der Waals surface area contributed by atoms with E-state index in [4.69, 9.17) is 0 Å². The number of halogens is 6. The molecule has 0 fully saturated rings. The van der Waals surface area contributed by atoms with Crippen LogP contribution in [0.4, 0.5) is 26.3 Å². The Bertz CT molecular complexity index is 1400. The van der Waals surface area contributed by atoms with E-state index in [-0.39, 0.29) is 11.1 Å². The molecule has 0 aromatic heterocycles. The van der Waals surface area contributed by atoms with Crippen molar-refractivity contribution in [3.63, 3.8) is 0 Å². The van der Waals surface area contributed by atoms with Crippen molar-refractivity contribution in [2.45, 2.75) is 45.9 Å². The van der Waals surface area contributed by atoms with Crippen LogP contribution in [-0.4, -0.2) is 6.36 Å². The highest BCUT2D eigenvalue weighted by Crippen LogP contribution is 2.36. The zero-order valence-electron chi connectivity index (χ0n) is 20.9. The predicted molar refractivity (Wildman–Crippen MR) is 137 cm³/mol. The van der Waals surface area contributed by atoms with Crippen LogP contribution in [0, 0.1) is 17.5 Å². The van der Waals surface area contributed by atoms with Crippen molar-refractivity contribution in [1.82, 2.24) is 0 Å². The maximum Gasteiger partial charge on any atom is 0.573 e. The normalized spacial score (nSPS) is 11.6. The van der Waals surface area contributed by atoms with Gasteiger partial charge in [0.05, 0.1) is 0 Å². The Labute approximate surface area is 217 Å². The summed E-state index contributed by atoms with van der Waals surface area (Å²) in [6, 6.07) is 19.8. The molecule has 198 valence electrons. The highest BCUT2D eigenvalue weighted by atomic mass is 19.4. The molecule has 0 N–H and O–H groups in total. The molecule has 7 heteroatoms. The van der Waals surface area contributed by atoms with E-state index in [9.17, 15) is 22.0 Å².